The average Bonchev–Trinajstić information content (AvgIpc) is 2.41. The van der Waals surface area contributed by atoms with E-state index in [0.717, 1.165) is 22.3 Å². The van der Waals surface area contributed by atoms with Gasteiger partial charge in [0.1, 0.15) is 17.3 Å². The summed E-state index contributed by atoms with van der Waals surface area (Å²) in [5, 5.41) is 3.17. The molecule has 0 bridgehead atoms. The van der Waals surface area contributed by atoms with E-state index < -0.39 is 0 Å². The van der Waals surface area contributed by atoms with E-state index in [4.69, 9.17) is 4.74 Å². The number of nitrogens with one attached hydrogen (secondary N) is 1. The summed E-state index contributed by atoms with van der Waals surface area (Å²) in [6.07, 6.45) is 0. The standard InChI is InChI=1S/C15H15BrFNO/c1-2-18-10-11-9-13(17)5-8-15(11)19-14-6-3-12(16)4-7-14/h3-9,18H,2,10H2,1H3. The first-order chi connectivity index (χ1) is 9.19. The van der Waals surface area contributed by atoms with Gasteiger partial charge in [-0.2, -0.15) is 0 Å². The summed E-state index contributed by atoms with van der Waals surface area (Å²) >= 11 is 3.37. The van der Waals surface area contributed by atoms with E-state index in [-0.39, 0.29) is 5.82 Å². The van der Waals surface area contributed by atoms with Gasteiger partial charge in [-0.1, -0.05) is 22.9 Å². The minimum absolute atomic E-state index is 0.254. The third-order valence-corrected chi connectivity index (χ3v) is 3.16. The SMILES string of the molecule is CCNCc1cc(F)ccc1Oc1ccc(Br)cc1. The van der Waals surface area contributed by atoms with Crippen LogP contribution in [0.15, 0.2) is 46.9 Å². The van der Waals surface area contributed by atoms with Crippen molar-refractivity contribution in [3.63, 3.8) is 0 Å². The lowest BCUT2D eigenvalue weighted by Crippen LogP contribution is -2.12. The molecule has 0 radical (unpaired) electrons. The van der Waals surface area contributed by atoms with Gasteiger partial charge in [-0.15, -0.1) is 0 Å². The van der Waals surface area contributed by atoms with Crippen molar-refractivity contribution in [3.8, 4) is 11.5 Å². The van der Waals surface area contributed by atoms with Gasteiger partial charge in [-0.05, 0) is 49.0 Å². The number of ether oxygens (including phenoxy) is 1. The molecular formula is C15H15BrFNO. The zero-order valence-corrected chi connectivity index (χ0v) is 12.2. The fraction of sp³-hybridized carbons (Fsp3) is 0.200. The second-order valence-electron chi connectivity index (χ2n) is 4.09. The molecule has 0 atom stereocenters. The highest BCUT2D eigenvalue weighted by atomic mass is 79.9. The van der Waals surface area contributed by atoms with Gasteiger partial charge in [0, 0.05) is 16.6 Å². The Morgan fingerprint density at radius 1 is 1.16 bits per heavy atom. The summed E-state index contributed by atoms with van der Waals surface area (Å²) in [4.78, 5) is 0. The van der Waals surface area contributed by atoms with Crippen molar-refractivity contribution in [1.29, 1.82) is 0 Å². The van der Waals surface area contributed by atoms with Crippen molar-refractivity contribution in [2.24, 2.45) is 0 Å². The largest absolute Gasteiger partial charge is 0.457 e. The zero-order chi connectivity index (χ0) is 13.7. The summed E-state index contributed by atoms with van der Waals surface area (Å²) in [5.74, 6) is 1.15. The molecule has 19 heavy (non-hydrogen) atoms. The molecule has 0 aliphatic carbocycles. The van der Waals surface area contributed by atoms with Gasteiger partial charge in [0.25, 0.3) is 0 Å². The summed E-state index contributed by atoms with van der Waals surface area (Å²) in [6, 6.07) is 12.1. The molecule has 0 unspecified atom stereocenters. The van der Waals surface area contributed by atoms with Crippen molar-refractivity contribution in [3.05, 3.63) is 58.3 Å². The van der Waals surface area contributed by atoms with Crippen LogP contribution in [0.4, 0.5) is 4.39 Å². The van der Waals surface area contributed by atoms with Crippen molar-refractivity contribution in [1.82, 2.24) is 5.32 Å². The van der Waals surface area contributed by atoms with Crippen LogP contribution in [0.2, 0.25) is 0 Å². The normalized spacial score (nSPS) is 10.5. The maximum absolute atomic E-state index is 13.3. The Bertz CT molecular complexity index is 542. The molecule has 2 nitrogen and oxygen atoms in total. The maximum Gasteiger partial charge on any atom is 0.132 e. The van der Waals surface area contributed by atoms with Gasteiger partial charge in [-0.3, -0.25) is 0 Å². The lowest BCUT2D eigenvalue weighted by molar-refractivity contribution is 0.470. The molecule has 0 aromatic heterocycles. The molecular weight excluding hydrogens is 309 g/mol. The van der Waals surface area contributed by atoms with Crippen molar-refractivity contribution in [2.45, 2.75) is 13.5 Å². The molecule has 2 aromatic rings. The van der Waals surface area contributed by atoms with Crippen LogP contribution in [-0.4, -0.2) is 6.54 Å². The molecule has 0 amide bonds. The van der Waals surface area contributed by atoms with Crippen LogP contribution in [0.3, 0.4) is 0 Å². The molecule has 0 spiro atoms. The Kier molecular flexibility index (Phi) is 4.93. The first-order valence-corrected chi connectivity index (χ1v) is 6.91. The number of halogens is 2. The number of benzene rings is 2. The van der Waals surface area contributed by atoms with Crippen LogP contribution in [-0.2, 0) is 6.54 Å². The smallest absolute Gasteiger partial charge is 0.132 e. The third kappa shape index (κ3) is 4.04. The van der Waals surface area contributed by atoms with Crippen molar-refractivity contribution in [2.75, 3.05) is 6.54 Å². The quantitative estimate of drug-likeness (QED) is 0.875. The van der Waals surface area contributed by atoms with Crippen molar-refractivity contribution >= 4 is 15.9 Å². The average molecular weight is 324 g/mol. The summed E-state index contributed by atoms with van der Waals surface area (Å²) in [5.41, 5.74) is 0.810. The highest BCUT2D eigenvalue weighted by Crippen LogP contribution is 2.27. The van der Waals surface area contributed by atoms with Crippen LogP contribution in [0.5, 0.6) is 11.5 Å². The summed E-state index contributed by atoms with van der Waals surface area (Å²) in [6.45, 7) is 3.42. The van der Waals surface area contributed by atoms with E-state index in [1.165, 1.54) is 12.1 Å². The summed E-state index contributed by atoms with van der Waals surface area (Å²) < 4.78 is 20.1. The van der Waals surface area contributed by atoms with Crippen LogP contribution < -0.4 is 10.1 Å². The van der Waals surface area contributed by atoms with Crippen LogP contribution in [0, 0.1) is 5.82 Å². The fourth-order valence-corrected chi connectivity index (χ4v) is 1.94. The van der Waals surface area contributed by atoms with E-state index in [0.29, 0.717) is 12.3 Å². The third-order valence-electron chi connectivity index (χ3n) is 2.63. The minimum Gasteiger partial charge on any atom is -0.457 e. The predicted molar refractivity (Wildman–Crippen MR) is 78.0 cm³/mol. The van der Waals surface area contributed by atoms with Crippen LogP contribution in [0.25, 0.3) is 0 Å². The Labute approximate surface area is 120 Å². The Balaban J connectivity index is 2.20. The molecule has 0 saturated carbocycles. The maximum atomic E-state index is 13.3. The van der Waals surface area contributed by atoms with Gasteiger partial charge in [0.15, 0.2) is 0 Å². The predicted octanol–water partition coefficient (Wildman–Crippen LogP) is 4.49. The van der Waals surface area contributed by atoms with E-state index in [1.54, 1.807) is 6.07 Å². The molecule has 0 fully saturated rings. The van der Waals surface area contributed by atoms with E-state index in [1.807, 2.05) is 31.2 Å². The molecule has 0 aliphatic rings. The Morgan fingerprint density at radius 3 is 2.58 bits per heavy atom. The second kappa shape index (κ2) is 6.68. The molecule has 4 heteroatoms. The number of hydrogen-bond acceptors (Lipinski definition) is 2. The Morgan fingerprint density at radius 2 is 1.89 bits per heavy atom. The molecule has 0 heterocycles. The number of hydrogen-bond donors (Lipinski definition) is 1. The van der Waals surface area contributed by atoms with Crippen molar-refractivity contribution < 1.29 is 9.13 Å². The molecule has 1 N–H and O–H groups in total. The lowest BCUT2D eigenvalue weighted by Gasteiger charge is -2.11. The van der Waals surface area contributed by atoms with Crippen LogP contribution in [0.1, 0.15) is 12.5 Å². The minimum atomic E-state index is -0.254. The number of rotatable bonds is 5. The highest BCUT2D eigenvalue weighted by Gasteiger charge is 2.06. The van der Waals surface area contributed by atoms with E-state index >= 15 is 0 Å². The van der Waals surface area contributed by atoms with Gasteiger partial charge < -0.3 is 10.1 Å². The summed E-state index contributed by atoms with van der Waals surface area (Å²) in [7, 11) is 0. The second-order valence-corrected chi connectivity index (χ2v) is 5.00. The van der Waals surface area contributed by atoms with E-state index in [2.05, 4.69) is 21.2 Å². The molecule has 0 saturated heterocycles. The molecule has 2 aromatic carbocycles. The monoisotopic (exact) mass is 323 g/mol. The zero-order valence-electron chi connectivity index (χ0n) is 10.6. The van der Waals surface area contributed by atoms with E-state index in [9.17, 15) is 4.39 Å². The highest BCUT2D eigenvalue weighted by molar-refractivity contribution is 9.10. The molecule has 100 valence electrons. The van der Waals surface area contributed by atoms with Gasteiger partial charge >= 0.3 is 0 Å². The van der Waals surface area contributed by atoms with Gasteiger partial charge in [0.05, 0.1) is 0 Å². The lowest BCUT2D eigenvalue weighted by atomic mass is 10.2. The molecule has 0 aliphatic heterocycles. The van der Waals surface area contributed by atoms with Gasteiger partial charge in [-0.25, -0.2) is 4.39 Å². The Hall–Kier alpha value is -1.39. The first kappa shape index (κ1) is 14.0. The molecule has 2 rings (SSSR count). The van der Waals surface area contributed by atoms with Gasteiger partial charge in [0.2, 0.25) is 0 Å². The fourth-order valence-electron chi connectivity index (χ4n) is 1.68. The first-order valence-electron chi connectivity index (χ1n) is 6.11. The topological polar surface area (TPSA) is 21.3 Å². The van der Waals surface area contributed by atoms with Crippen LogP contribution >= 0.6 is 15.9 Å².